The Kier molecular flexibility index (Phi) is 19.3. The minimum atomic E-state index is 1.62. The lowest BCUT2D eigenvalue weighted by Gasteiger charge is -1.46. The second-order valence-electron chi connectivity index (χ2n) is 0.761. The molecule has 1 rings (SSSR count). The number of rotatable bonds is 0. The summed E-state index contributed by atoms with van der Waals surface area (Å²) in [6, 6.07) is 0. The zero-order valence-electron chi connectivity index (χ0n) is 6.68. The van der Waals surface area contributed by atoms with E-state index >= 15 is 0 Å². The fourth-order valence-electron chi connectivity index (χ4n) is 0.215. The molecule has 0 spiro atoms. The van der Waals surface area contributed by atoms with Gasteiger partial charge in [0.15, 0.2) is 0 Å². The monoisotopic (exact) mass is 128 g/mol. The van der Waals surface area contributed by atoms with Crippen LogP contribution in [0.1, 0.15) is 27.7 Å². The van der Waals surface area contributed by atoms with E-state index in [4.69, 9.17) is 0 Å². The molecule has 54 valence electrons. The molecular weight excluding hydrogens is 112 g/mol. The number of nitrogens with zero attached hydrogens (tertiary/aromatic N) is 1. The molecule has 0 aliphatic rings. The van der Waals surface area contributed by atoms with E-state index in [0.717, 1.165) is 0 Å². The molecule has 0 atom stereocenters. The molecule has 0 saturated heterocycles. The van der Waals surface area contributed by atoms with E-state index in [0.29, 0.717) is 0 Å². The van der Waals surface area contributed by atoms with Crippen molar-refractivity contribution < 1.29 is 0 Å². The predicted octanol–water partition coefficient (Wildman–Crippen LogP) is 2.46. The Bertz CT molecular complexity index is 63.4. The van der Waals surface area contributed by atoms with Gasteiger partial charge in [-0.2, -0.15) is 0 Å². The molecule has 0 aliphatic heterocycles. The molecular formula is C7H16N2. The average Bonchev–Trinajstić information content (AvgIpc) is 2.51. The van der Waals surface area contributed by atoms with Gasteiger partial charge in [-0.1, -0.05) is 27.7 Å². The Morgan fingerprint density at radius 2 is 1.67 bits per heavy atom. The molecule has 0 aliphatic carbocycles. The maximum absolute atomic E-state index is 3.67. The summed E-state index contributed by atoms with van der Waals surface area (Å²) >= 11 is 0. The molecule has 1 N–H and O–H groups in total. The summed E-state index contributed by atoms with van der Waals surface area (Å²) in [5, 5.41) is 0. The van der Waals surface area contributed by atoms with Crippen LogP contribution in [-0.4, -0.2) is 9.97 Å². The third kappa shape index (κ3) is 11.0. The topological polar surface area (TPSA) is 28.7 Å². The number of aromatic amines is 1. The van der Waals surface area contributed by atoms with Gasteiger partial charge in [0.1, 0.15) is 0 Å². The lowest BCUT2D eigenvalue weighted by atomic mass is 11.0. The third-order valence-corrected chi connectivity index (χ3v) is 0.406. The molecule has 2 nitrogen and oxygen atoms in total. The molecule has 0 amide bonds. The Labute approximate surface area is 57.3 Å². The van der Waals surface area contributed by atoms with Gasteiger partial charge in [-0.15, -0.1) is 0 Å². The molecule has 1 aromatic rings. The number of nitrogens with one attached hydrogen (secondary N) is 1. The maximum atomic E-state index is 3.67. The first-order chi connectivity index (χ1) is 4.50. The smallest absolute Gasteiger partial charge is 0.0919 e. The van der Waals surface area contributed by atoms with Crippen LogP contribution in [0.3, 0.4) is 0 Å². The van der Waals surface area contributed by atoms with Crippen molar-refractivity contribution >= 4 is 0 Å². The molecule has 0 unspecified atom stereocenters. The Hall–Kier alpha value is -0.790. The Morgan fingerprint density at radius 3 is 1.78 bits per heavy atom. The van der Waals surface area contributed by atoms with Gasteiger partial charge in [0.2, 0.25) is 0 Å². The Balaban J connectivity index is 0. The van der Waals surface area contributed by atoms with E-state index in [2.05, 4.69) is 9.97 Å². The number of H-pyrrole nitrogens is 1. The minimum Gasteiger partial charge on any atom is -0.351 e. The van der Waals surface area contributed by atoms with Crippen molar-refractivity contribution in [3.8, 4) is 0 Å². The van der Waals surface area contributed by atoms with Crippen LogP contribution in [0.2, 0.25) is 0 Å². The van der Waals surface area contributed by atoms with Crippen molar-refractivity contribution in [2.24, 2.45) is 0 Å². The summed E-state index contributed by atoms with van der Waals surface area (Å²) in [7, 11) is 0. The highest BCUT2D eigenvalue weighted by molar-refractivity contribution is 4.64. The highest BCUT2D eigenvalue weighted by atomic mass is 14.8. The van der Waals surface area contributed by atoms with Crippen LogP contribution < -0.4 is 0 Å². The number of imidazole rings is 1. The summed E-state index contributed by atoms with van der Waals surface area (Å²) in [5.41, 5.74) is 0. The zero-order chi connectivity index (χ0) is 7.54. The van der Waals surface area contributed by atoms with Gasteiger partial charge in [-0.3, -0.25) is 0 Å². The number of hydrogen-bond acceptors (Lipinski definition) is 1. The summed E-state index contributed by atoms with van der Waals surface area (Å²) in [6.45, 7) is 8.00. The predicted molar refractivity (Wildman–Crippen MR) is 41.3 cm³/mol. The van der Waals surface area contributed by atoms with Crippen molar-refractivity contribution in [3.05, 3.63) is 18.7 Å². The van der Waals surface area contributed by atoms with E-state index < -0.39 is 0 Å². The second-order valence-corrected chi connectivity index (χ2v) is 0.761. The first-order valence-corrected chi connectivity index (χ1v) is 3.43. The largest absolute Gasteiger partial charge is 0.351 e. The third-order valence-electron chi connectivity index (χ3n) is 0.406. The van der Waals surface area contributed by atoms with Crippen molar-refractivity contribution in [2.45, 2.75) is 27.7 Å². The van der Waals surface area contributed by atoms with Crippen LogP contribution >= 0.6 is 0 Å². The van der Waals surface area contributed by atoms with E-state index in [1.54, 1.807) is 18.7 Å². The maximum Gasteiger partial charge on any atom is 0.0919 e. The van der Waals surface area contributed by atoms with E-state index in [1.807, 2.05) is 27.7 Å². The van der Waals surface area contributed by atoms with Crippen LogP contribution in [0.4, 0.5) is 0 Å². The quantitative estimate of drug-likeness (QED) is 0.571. The summed E-state index contributed by atoms with van der Waals surface area (Å²) in [4.78, 5) is 6.42. The molecule has 9 heavy (non-hydrogen) atoms. The van der Waals surface area contributed by atoms with Crippen LogP contribution in [-0.2, 0) is 0 Å². The first-order valence-electron chi connectivity index (χ1n) is 3.43. The van der Waals surface area contributed by atoms with Crippen molar-refractivity contribution in [3.63, 3.8) is 0 Å². The molecule has 2 heteroatoms. The molecule has 0 aromatic carbocycles. The molecule has 1 heterocycles. The van der Waals surface area contributed by atoms with Gasteiger partial charge in [-0.05, 0) is 0 Å². The average molecular weight is 128 g/mol. The number of hydrogen-bond donors (Lipinski definition) is 1. The minimum absolute atomic E-state index is 1.62. The fourth-order valence-corrected chi connectivity index (χ4v) is 0.215. The lowest BCUT2D eigenvalue weighted by molar-refractivity contribution is 1.31. The zero-order valence-corrected chi connectivity index (χ0v) is 6.68. The highest BCUT2D eigenvalue weighted by Gasteiger charge is 1.56. The number of aromatic nitrogens is 2. The van der Waals surface area contributed by atoms with Gasteiger partial charge >= 0.3 is 0 Å². The van der Waals surface area contributed by atoms with Gasteiger partial charge in [0.05, 0.1) is 6.33 Å². The van der Waals surface area contributed by atoms with Crippen molar-refractivity contribution in [1.29, 1.82) is 0 Å². The molecule has 0 radical (unpaired) electrons. The van der Waals surface area contributed by atoms with Crippen LogP contribution in [0.15, 0.2) is 18.7 Å². The fraction of sp³-hybridized carbons (Fsp3) is 0.571. The molecule has 0 bridgehead atoms. The van der Waals surface area contributed by atoms with E-state index in [9.17, 15) is 0 Å². The molecule has 0 saturated carbocycles. The van der Waals surface area contributed by atoms with Gasteiger partial charge in [0.25, 0.3) is 0 Å². The Morgan fingerprint density at radius 1 is 1.11 bits per heavy atom. The summed E-state index contributed by atoms with van der Waals surface area (Å²) < 4.78 is 0. The molecule has 0 fully saturated rings. The standard InChI is InChI=1S/C3H4N2.2C2H6/c1-2-5-3-4-1;2*1-2/h1-3H,(H,4,5);2*1-2H3. The summed E-state index contributed by atoms with van der Waals surface area (Å²) in [5.74, 6) is 0. The van der Waals surface area contributed by atoms with Gasteiger partial charge < -0.3 is 4.98 Å². The SMILES string of the molecule is CC.CC.c1c[nH]cn1. The van der Waals surface area contributed by atoms with Crippen LogP contribution in [0.25, 0.3) is 0 Å². The van der Waals surface area contributed by atoms with E-state index in [1.165, 1.54) is 0 Å². The molecule has 1 aromatic heterocycles. The first kappa shape index (κ1) is 11.1. The van der Waals surface area contributed by atoms with Crippen LogP contribution in [0, 0.1) is 0 Å². The van der Waals surface area contributed by atoms with E-state index in [-0.39, 0.29) is 0 Å². The highest BCUT2D eigenvalue weighted by Crippen LogP contribution is 1.62. The normalized spacial score (nSPS) is 5.78. The second kappa shape index (κ2) is 15.7. The van der Waals surface area contributed by atoms with Gasteiger partial charge in [0, 0.05) is 12.4 Å². The summed E-state index contributed by atoms with van der Waals surface area (Å²) in [6.07, 6.45) is 5.08. The van der Waals surface area contributed by atoms with Gasteiger partial charge in [-0.25, -0.2) is 4.98 Å². The lowest BCUT2D eigenvalue weighted by Crippen LogP contribution is -1.44. The van der Waals surface area contributed by atoms with Crippen molar-refractivity contribution in [2.75, 3.05) is 0 Å². The van der Waals surface area contributed by atoms with Crippen molar-refractivity contribution in [1.82, 2.24) is 9.97 Å². The van der Waals surface area contributed by atoms with Crippen LogP contribution in [0.5, 0.6) is 0 Å².